The molecular weight excluding hydrogens is 390 g/mol. The maximum Gasteiger partial charge on any atom is 0.345 e. The highest BCUT2D eigenvalue weighted by atomic mass is 16.5. The van der Waals surface area contributed by atoms with Crippen LogP contribution in [0.3, 0.4) is 0 Å². The monoisotopic (exact) mass is 413 g/mol. The molecule has 0 amide bonds. The van der Waals surface area contributed by atoms with E-state index in [4.69, 9.17) is 9.47 Å². The molecular formula is C26H23NO4. The molecule has 3 aromatic carbocycles. The van der Waals surface area contributed by atoms with Gasteiger partial charge in [-0.1, -0.05) is 60.7 Å². The number of esters is 1. The Bertz CT molecular complexity index is 1160. The molecule has 31 heavy (non-hydrogen) atoms. The number of hydrogen-bond donors (Lipinski definition) is 0. The third-order valence-corrected chi connectivity index (χ3v) is 5.20. The highest BCUT2D eigenvalue weighted by Gasteiger charge is 2.39. The Kier molecular flexibility index (Phi) is 5.85. The summed E-state index contributed by atoms with van der Waals surface area (Å²) in [5.41, 5.74) is 4.44. The predicted octanol–water partition coefficient (Wildman–Crippen LogP) is 4.57. The molecule has 0 radical (unpaired) electrons. The number of fused-ring (bicyclic) bond motifs is 1. The van der Waals surface area contributed by atoms with Crippen LogP contribution in [-0.4, -0.2) is 30.1 Å². The molecule has 0 atom stereocenters. The van der Waals surface area contributed by atoms with Crippen molar-refractivity contribution in [3.05, 3.63) is 112 Å². The summed E-state index contributed by atoms with van der Waals surface area (Å²) in [5, 5.41) is 13.5. The van der Waals surface area contributed by atoms with Gasteiger partial charge in [0.1, 0.15) is 11.3 Å². The second-order valence-electron chi connectivity index (χ2n) is 7.12. The van der Waals surface area contributed by atoms with Crippen molar-refractivity contribution in [3.63, 3.8) is 0 Å². The fraction of sp³-hybridized carbons (Fsp3) is 0.154. The van der Waals surface area contributed by atoms with Crippen LogP contribution in [0, 0.1) is 5.21 Å². The van der Waals surface area contributed by atoms with Crippen molar-refractivity contribution < 1.29 is 19.0 Å². The Hall–Kier alpha value is -3.86. The molecule has 156 valence electrons. The Morgan fingerprint density at radius 2 is 1.61 bits per heavy atom. The van der Waals surface area contributed by atoms with E-state index in [0.717, 1.165) is 21.4 Å². The lowest BCUT2D eigenvalue weighted by atomic mass is 9.97. The number of rotatable bonds is 6. The topological polar surface area (TPSA) is 61.6 Å². The maximum atomic E-state index is 13.5. The van der Waals surface area contributed by atoms with E-state index in [0.29, 0.717) is 22.6 Å². The minimum absolute atomic E-state index is 0.109. The van der Waals surface area contributed by atoms with Crippen molar-refractivity contribution in [2.24, 2.45) is 0 Å². The zero-order valence-electron chi connectivity index (χ0n) is 17.5. The molecule has 1 aliphatic carbocycles. The van der Waals surface area contributed by atoms with E-state index in [9.17, 15) is 10.0 Å². The van der Waals surface area contributed by atoms with Crippen LogP contribution in [0.1, 0.15) is 29.2 Å². The van der Waals surface area contributed by atoms with E-state index in [1.54, 1.807) is 20.1 Å². The Labute approximate surface area is 181 Å². The summed E-state index contributed by atoms with van der Waals surface area (Å²) in [6.45, 7) is 2.08. The van der Waals surface area contributed by atoms with Crippen LogP contribution in [0.5, 0.6) is 5.75 Å². The van der Waals surface area contributed by atoms with E-state index < -0.39 is 5.97 Å². The molecule has 0 fully saturated rings. The SMILES string of the molecule is CCOC(=O)C1=C(c2ccccc2)c2ccc(OC)cc2/C1=[N+](\[O-])Cc1ccccc1. The number of ether oxygens (including phenoxy) is 2. The first-order chi connectivity index (χ1) is 15.1. The third-order valence-electron chi connectivity index (χ3n) is 5.20. The Balaban J connectivity index is 1.99. The summed E-state index contributed by atoms with van der Waals surface area (Å²) >= 11 is 0. The lowest BCUT2D eigenvalue weighted by molar-refractivity contribution is -0.473. The van der Waals surface area contributed by atoms with Crippen LogP contribution in [0.2, 0.25) is 0 Å². The summed E-state index contributed by atoms with van der Waals surface area (Å²) in [4.78, 5) is 13.1. The first kappa shape index (κ1) is 20.4. The second kappa shape index (κ2) is 8.88. The second-order valence-corrected chi connectivity index (χ2v) is 7.12. The highest BCUT2D eigenvalue weighted by Crippen LogP contribution is 2.40. The predicted molar refractivity (Wildman–Crippen MR) is 120 cm³/mol. The van der Waals surface area contributed by atoms with E-state index in [1.165, 1.54) is 0 Å². The molecule has 0 bridgehead atoms. The summed E-state index contributed by atoms with van der Waals surface area (Å²) in [7, 11) is 1.58. The number of methoxy groups -OCH3 is 1. The van der Waals surface area contributed by atoms with Gasteiger partial charge in [0.05, 0.1) is 19.3 Å². The normalized spacial score (nSPS) is 14.3. The van der Waals surface area contributed by atoms with Gasteiger partial charge >= 0.3 is 5.97 Å². The van der Waals surface area contributed by atoms with E-state index in [1.807, 2.05) is 72.8 Å². The lowest BCUT2D eigenvalue weighted by Crippen LogP contribution is -2.23. The molecule has 0 aromatic heterocycles. The van der Waals surface area contributed by atoms with Crippen molar-refractivity contribution >= 4 is 17.3 Å². The zero-order chi connectivity index (χ0) is 21.8. The standard InChI is InChI=1S/C26H23NO4/c1-3-31-26(28)24-23(19-12-8-5-9-13-19)21-15-14-20(30-2)16-22(21)25(24)27(29)17-18-10-6-4-7-11-18/h4-16H,3,17H2,1-2H3/b27-25+. The average molecular weight is 413 g/mol. The molecule has 0 N–H and O–H groups in total. The third kappa shape index (κ3) is 3.94. The number of hydroxylamine groups is 1. The molecule has 0 spiro atoms. The summed E-state index contributed by atoms with van der Waals surface area (Å²) in [6, 6.07) is 24.6. The van der Waals surface area contributed by atoms with Gasteiger partial charge in [-0.05, 0) is 36.2 Å². The van der Waals surface area contributed by atoms with Crippen LogP contribution in [-0.2, 0) is 16.1 Å². The van der Waals surface area contributed by atoms with Crippen LogP contribution < -0.4 is 4.74 Å². The van der Waals surface area contributed by atoms with E-state index in [-0.39, 0.29) is 18.7 Å². The Morgan fingerprint density at radius 3 is 2.26 bits per heavy atom. The Morgan fingerprint density at radius 1 is 0.935 bits per heavy atom. The summed E-state index contributed by atoms with van der Waals surface area (Å²) < 4.78 is 11.7. The smallest absolute Gasteiger partial charge is 0.345 e. The number of hydrogen-bond acceptors (Lipinski definition) is 4. The van der Waals surface area contributed by atoms with Crippen molar-refractivity contribution in [1.29, 1.82) is 0 Å². The number of nitrogens with zero attached hydrogens (tertiary/aromatic N) is 1. The van der Waals surface area contributed by atoms with Crippen LogP contribution >= 0.6 is 0 Å². The summed E-state index contributed by atoms with van der Waals surface area (Å²) in [5.74, 6) is 0.0994. The number of carbonyl (C=O) groups is 1. The van der Waals surface area contributed by atoms with Gasteiger partial charge in [0, 0.05) is 11.1 Å². The van der Waals surface area contributed by atoms with Gasteiger partial charge in [-0.25, -0.2) is 4.79 Å². The molecule has 0 unspecified atom stereocenters. The van der Waals surface area contributed by atoms with Gasteiger partial charge in [0.15, 0.2) is 6.54 Å². The molecule has 5 heteroatoms. The number of carbonyl (C=O) groups excluding carboxylic acids is 1. The van der Waals surface area contributed by atoms with Crippen LogP contribution in [0.15, 0.2) is 84.4 Å². The van der Waals surface area contributed by atoms with E-state index in [2.05, 4.69) is 0 Å². The zero-order valence-corrected chi connectivity index (χ0v) is 17.5. The molecule has 0 saturated carbocycles. The largest absolute Gasteiger partial charge is 0.623 e. The molecule has 5 nitrogen and oxygen atoms in total. The quantitative estimate of drug-likeness (QED) is 0.257. The van der Waals surface area contributed by atoms with Crippen LogP contribution in [0.25, 0.3) is 5.57 Å². The highest BCUT2D eigenvalue weighted by molar-refractivity contribution is 6.35. The van der Waals surface area contributed by atoms with Gasteiger partial charge in [-0.15, -0.1) is 0 Å². The fourth-order valence-corrected chi connectivity index (χ4v) is 3.85. The minimum Gasteiger partial charge on any atom is -0.623 e. The fourth-order valence-electron chi connectivity index (χ4n) is 3.85. The van der Waals surface area contributed by atoms with Crippen molar-refractivity contribution in [2.45, 2.75) is 13.5 Å². The first-order valence-electron chi connectivity index (χ1n) is 10.2. The van der Waals surface area contributed by atoms with Crippen molar-refractivity contribution in [3.8, 4) is 5.75 Å². The number of benzene rings is 3. The molecule has 0 saturated heterocycles. The molecule has 4 rings (SSSR count). The maximum absolute atomic E-state index is 13.5. The molecule has 3 aromatic rings. The molecule has 1 aliphatic rings. The van der Waals surface area contributed by atoms with Gasteiger partial charge < -0.3 is 14.7 Å². The minimum atomic E-state index is -0.513. The van der Waals surface area contributed by atoms with Crippen LogP contribution in [0.4, 0.5) is 0 Å². The van der Waals surface area contributed by atoms with Crippen molar-refractivity contribution in [1.82, 2.24) is 0 Å². The van der Waals surface area contributed by atoms with Gasteiger partial charge in [-0.2, -0.15) is 4.74 Å². The van der Waals surface area contributed by atoms with Gasteiger partial charge in [0.2, 0.25) is 5.71 Å². The van der Waals surface area contributed by atoms with E-state index >= 15 is 0 Å². The first-order valence-corrected chi connectivity index (χ1v) is 10.2. The lowest BCUT2D eigenvalue weighted by Gasteiger charge is -2.12. The van der Waals surface area contributed by atoms with Gasteiger partial charge in [0.25, 0.3) is 0 Å². The summed E-state index contributed by atoms with van der Waals surface area (Å²) in [6.07, 6.45) is 0. The van der Waals surface area contributed by atoms with Crippen molar-refractivity contribution in [2.75, 3.05) is 13.7 Å². The molecule has 0 heterocycles. The molecule has 0 aliphatic heterocycles. The average Bonchev–Trinajstić information content (AvgIpc) is 3.15. The van der Waals surface area contributed by atoms with Gasteiger partial charge in [-0.3, -0.25) is 0 Å².